The number of hydrogen-bond acceptors (Lipinski definition) is 2. The molecule has 0 aromatic rings. The summed E-state index contributed by atoms with van der Waals surface area (Å²) in [5.41, 5.74) is 0.164. The summed E-state index contributed by atoms with van der Waals surface area (Å²) in [5, 5.41) is 0. The zero-order valence-electron chi connectivity index (χ0n) is 13.4. The fourth-order valence-electron chi connectivity index (χ4n) is 1.86. The second-order valence-corrected chi connectivity index (χ2v) is 7.16. The second-order valence-electron chi connectivity index (χ2n) is 7.16. The van der Waals surface area contributed by atoms with Crippen LogP contribution in [0.15, 0.2) is 0 Å². The minimum atomic E-state index is -0.0320. The first kappa shape index (κ1) is 17.5. The predicted octanol–water partition coefficient (Wildman–Crippen LogP) is 4.82. The molecule has 0 fully saturated rings. The molecule has 0 bridgehead atoms. The average Bonchev–Trinajstić information content (AvgIpc) is 2.25. The number of esters is 1. The van der Waals surface area contributed by atoms with Crippen LogP contribution in [0, 0.1) is 16.7 Å². The van der Waals surface area contributed by atoms with Gasteiger partial charge in [-0.1, -0.05) is 61.3 Å². The Morgan fingerprint density at radius 3 is 2.06 bits per heavy atom. The Morgan fingerprint density at radius 2 is 1.67 bits per heavy atom. The maximum Gasteiger partial charge on any atom is 0.309 e. The van der Waals surface area contributed by atoms with E-state index in [1.54, 1.807) is 0 Å². The minimum Gasteiger partial charge on any atom is -0.465 e. The summed E-state index contributed by atoms with van der Waals surface area (Å²) in [7, 11) is 0. The fourth-order valence-corrected chi connectivity index (χ4v) is 1.86. The van der Waals surface area contributed by atoms with Crippen molar-refractivity contribution in [2.45, 2.75) is 74.1 Å². The van der Waals surface area contributed by atoms with Crippen LogP contribution in [0.4, 0.5) is 0 Å². The van der Waals surface area contributed by atoms with Gasteiger partial charge < -0.3 is 4.74 Å². The molecular formula is C16H32O2. The van der Waals surface area contributed by atoms with Crippen LogP contribution < -0.4 is 0 Å². The van der Waals surface area contributed by atoms with Gasteiger partial charge in [-0.25, -0.2) is 0 Å². The lowest BCUT2D eigenvalue weighted by molar-refractivity contribution is -0.154. The molecule has 0 spiro atoms. The molecule has 2 heteroatoms. The zero-order chi connectivity index (χ0) is 14.4. The summed E-state index contributed by atoms with van der Waals surface area (Å²) >= 11 is 0. The average molecular weight is 256 g/mol. The number of carbonyl (C=O) groups is 1. The van der Waals surface area contributed by atoms with E-state index in [9.17, 15) is 4.79 Å². The van der Waals surface area contributed by atoms with Gasteiger partial charge >= 0.3 is 5.97 Å². The summed E-state index contributed by atoms with van der Waals surface area (Å²) in [6.45, 7) is 15.7. The van der Waals surface area contributed by atoms with Crippen molar-refractivity contribution in [1.82, 2.24) is 0 Å². The van der Waals surface area contributed by atoms with Gasteiger partial charge in [0.1, 0.15) is 0 Å². The van der Waals surface area contributed by atoms with Crippen molar-refractivity contribution in [3.63, 3.8) is 0 Å². The molecule has 0 aromatic heterocycles. The van der Waals surface area contributed by atoms with Crippen LogP contribution in [0.5, 0.6) is 0 Å². The van der Waals surface area contributed by atoms with E-state index in [2.05, 4.69) is 48.5 Å². The van der Waals surface area contributed by atoms with Gasteiger partial charge in [-0.3, -0.25) is 4.79 Å². The lowest BCUT2D eigenvalue weighted by Crippen LogP contribution is -2.34. The van der Waals surface area contributed by atoms with Crippen LogP contribution in [0.2, 0.25) is 0 Å². The molecule has 108 valence electrons. The summed E-state index contributed by atoms with van der Waals surface area (Å²) < 4.78 is 5.42. The maximum absolute atomic E-state index is 12.2. The van der Waals surface area contributed by atoms with E-state index in [-0.39, 0.29) is 22.7 Å². The molecule has 0 N–H and O–H groups in total. The van der Waals surface area contributed by atoms with Crippen molar-refractivity contribution in [3.05, 3.63) is 0 Å². The molecule has 0 heterocycles. The summed E-state index contributed by atoms with van der Waals surface area (Å²) in [6.07, 6.45) is 4.01. The Morgan fingerprint density at radius 1 is 1.11 bits per heavy atom. The molecule has 0 aliphatic heterocycles. The van der Waals surface area contributed by atoms with Crippen LogP contribution in [0.1, 0.15) is 74.1 Å². The number of hydrogen-bond donors (Lipinski definition) is 0. The van der Waals surface area contributed by atoms with E-state index in [1.807, 2.05) is 0 Å². The highest BCUT2D eigenvalue weighted by Crippen LogP contribution is 2.38. The van der Waals surface area contributed by atoms with Gasteiger partial charge in [-0.05, 0) is 23.7 Å². The summed E-state index contributed by atoms with van der Waals surface area (Å²) in [6, 6.07) is 0. The van der Waals surface area contributed by atoms with Gasteiger partial charge in [-0.2, -0.15) is 0 Å². The highest BCUT2D eigenvalue weighted by Gasteiger charge is 2.36. The number of carbonyl (C=O) groups excluding carboxylic acids is 1. The molecule has 0 saturated heterocycles. The molecule has 0 aromatic carbocycles. The first-order valence-electron chi connectivity index (χ1n) is 7.30. The quantitative estimate of drug-likeness (QED) is 0.482. The van der Waals surface area contributed by atoms with Crippen molar-refractivity contribution < 1.29 is 9.53 Å². The van der Waals surface area contributed by atoms with E-state index in [0.29, 0.717) is 6.61 Å². The first-order valence-corrected chi connectivity index (χ1v) is 7.30. The van der Waals surface area contributed by atoms with E-state index in [1.165, 1.54) is 0 Å². The Labute approximate surface area is 113 Å². The van der Waals surface area contributed by atoms with Gasteiger partial charge in [0.05, 0.1) is 12.5 Å². The lowest BCUT2D eigenvalue weighted by atomic mass is 9.70. The normalized spacial score (nSPS) is 14.4. The Kier molecular flexibility index (Phi) is 6.94. The van der Waals surface area contributed by atoms with E-state index < -0.39 is 0 Å². The molecule has 18 heavy (non-hydrogen) atoms. The molecule has 0 aliphatic carbocycles. The van der Waals surface area contributed by atoms with Gasteiger partial charge in [0.15, 0.2) is 0 Å². The zero-order valence-corrected chi connectivity index (χ0v) is 13.4. The van der Waals surface area contributed by atoms with Crippen molar-refractivity contribution in [1.29, 1.82) is 0 Å². The topological polar surface area (TPSA) is 26.3 Å². The lowest BCUT2D eigenvalue weighted by Gasteiger charge is -2.35. The monoisotopic (exact) mass is 256 g/mol. The van der Waals surface area contributed by atoms with E-state index in [4.69, 9.17) is 4.74 Å². The fraction of sp³-hybridized carbons (Fsp3) is 0.938. The van der Waals surface area contributed by atoms with Crippen molar-refractivity contribution in [2.24, 2.45) is 16.7 Å². The Balaban J connectivity index is 4.65. The molecular weight excluding hydrogens is 224 g/mol. The molecule has 0 aliphatic rings. The third-order valence-electron chi connectivity index (χ3n) is 3.79. The van der Waals surface area contributed by atoms with Crippen LogP contribution >= 0.6 is 0 Å². The molecule has 2 nitrogen and oxygen atoms in total. The smallest absolute Gasteiger partial charge is 0.309 e. The number of ether oxygens (including phenoxy) is 1. The largest absolute Gasteiger partial charge is 0.465 e. The highest BCUT2D eigenvalue weighted by atomic mass is 16.5. The standard InChI is InChI=1S/C16H32O2/c1-8-10-11-18-14(17)13(15(3,4)5)12-16(6,7)9-2/h13H,8-12H2,1-7H3. The van der Waals surface area contributed by atoms with Crippen molar-refractivity contribution in [3.8, 4) is 0 Å². The summed E-state index contributed by atoms with van der Waals surface area (Å²) in [5.74, 6) is -0.0261. The van der Waals surface area contributed by atoms with Crippen LogP contribution in [-0.4, -0.2) is 12.6 Å². The summed E-state index contributed by atoms with van der Waals surface area (Å²) in [4.78, 5) is 12.2. The highest BCUT2D eigenvalue weighted by molar-refractivity contribution is 5.73. The molecule has 0 saturated carbocycles. The molecule has 1 atom stereocenters. The molecule has 0 radical (unpaired) electrons. The second kappa shape index (κ2) is 7.16. The number of rotatable bonds is 7. The first-order chi connectivity index (χ1) is 8.14. The van der Waals surface area contributed by atoms with Gasteiger partial charge in [0, 0.05) is 0 Å². The maximum atomic E-state index is 12.2. The van der Waals surface area contributed by atoms with Crippen molar-refractivity contribution >= 4 is 5.97 Å². The third kappa shape index (κ3) is 6.42. The van der Waals surface area contributed by atoms with Gasteiger partial charge in [-0.15, -0.1) is 0 Å². The third-order valence-corrected chi connectivity index (χ3v) is 3.79. The van der Waals surface area contributed by atoms with Crippen LogP contribution in [0.25, 0.3) is 0 Å². The minimum absolute atomic E-state index is 0.00990. The Hall–Kier alpha value is -0.530. The van der Waals surface area contributed by atoms with Crippen LogP contribution in [-0.2, 0) is 9.53 Å². The van der Waals surface area contributed by atoms with Crippen LogP contribution in [0.3, 0.4) is 0 Å². The SMILES string of the molecule is CCCCOC(=O)C(CC(C)(C)CC)C(C)(C)C. The van der Waals surface area contributed by atoms with E-state index >= 15 is 0 Å². The van der Waals surface area contributed by atoms with Gasteiger partial charge in [0.25, 0.3) is 0 Å². The number of unbranched alkanes of at least 4 members (excludes halogenated alkanes) is 1. The molecule has 1 unspecified atom stereocenters. The Bertz CT molecular complexity index is 248. The van der Waals surface area contributed by atoms with E-state index in [0.717, 1.165) is 25.7 Å². The predicted molar refractivity (Wildman–Crippen MR) is 77.5 cm³/mol. The van der Waals surface area contributed by atoms with Crippen molar-refractivity contribution in [2.75, 3.05) is 6.61 Å². The van der Waals surface area contributed by atoms with Gasteiger partial charge in [0.2, 0.25) is 0 Å². The molecule has 0 amide bonds. The molecule has 0 rings (SSSR count).